The van der Waals surface area contributed by atoms with Crippen molar-refractivity contribution in [1.82, 2.24) is 19.6 Å². The van der Waals surface area contributed by atoms with Gasteiger partial charge in [-0.1, -0.05) is 6.07 Å². The molecule has 2 aromatic heterocycles. The molecule has 0 spiro atoms. The lowest BCUT2D eigenvalue weighted by Gasteiger charge is -2.25. The van der Waals surface area contributed by atoms with Gasteiger partial charge < -0.3 is 9.72 Å². The second-order valence-corrected chi connectivity index (χ2v) is 6.13. The van der Waals surface area contributed by atoms with Crippen molar-refractivity contribution in [3.63, 3.8) is 0 Å². The lowest BCUT2D eigenvalue weighted by atomic mass is 10.2. The molecule has 1 N–H and O–H groups in total. The summed E-state index contributed by atoms with van der Waals surface area (Å²) in [4.78, 5) is 7.16. The third-order valence-electron chi connectivity index (χ3n) is 4.54. The average molecular weight is 270 g/mol. The molecule has 1 aliphatic carbocycles. The Hall–Kier alpha value is -1.39. The Morgan fingerprint density at radius 3 is 3.05 bits per heavy atom. The Morgan fingerprint density at radius 1 is 1.30 bits per heavy atom. The number of aromatic nitrogens is 2. The van der Waals surface area contributed by atoms with E-state index in [0.29, 0.717) is 6.04 Å². The maximum Gasteiger partial charge on any atom is 0.136 e. The number of nitrogens with zero attached hydrogens (tertiary/aromatic N) is 3. The Bertz CT molecular complexity index is 581. The second kappa shape index (κ2) is 5.19. The normalized spacial score (nSPS) is 22.9. The van der Waals surface area contributed by atoms with Crippen molar-refractivity contribution in [3.05, 3.63) is 36.3 Å². The summed E-state index contributed by atoms with van der Waals surface area (Å²) in [5.74, 6) is 0. The highest BCUT2D eigenvalue weighted by Crippen LogP contribution is 2.29. The van der Waals surface area contributed by atoms with Crippen LogP contribution in [0.3, 0.4) is 0 Å². The summed E-state index contributed by atoms with van der Waals surface area (Å²) in [7, 11) is 0. The summed E-state index contributed by atoms with van der Waals surface area (Å²) in [5.41, 5.74) is 2.36. The molecule has 106 valence electrons. The van der Waals surface area contributed by atoms with Gasteiger partial charge in [-0.2, -0.15) is 0 Å². The van der Waals surface area contributed by atoms with Gasteiger partial charge >= 0.3 is 0 Å². The van der Waals surface area contributed by atoms with Crippen LogP contribution < -0.4 is 5.32 Å². The fraction of sp³-hybridized carbons (Fsp3) is 0.562. The molecule has 4 nitrogen and oxygen atoms in total. The molecule has 1 saturated carbocycles. The molecule has 2 fully saturated rings. The zero-order valence-electron chi connectivity index (χ0n) is 11.8. The third-order valence-corrected chi connectivity index (χ3v) is 4.54. The summed E-state index contributed by atoms with van der Waals surface area (Å²) >= 11 is 0. The number of hydrogen-bond donors (Lipinski definition) is 1. The van der Waals surface area contributed by atoms with Crippen molar-refractivity contribution in [2.24, 2.45) is 0 Å². The minimum atomic E-state index is 0.690. The molecule has 3 heterocycles. The van der Waals surface area contributed by atoms with Crippen LogP contribution in [-0.4, -0.2) is 39.5 Å². The Morgan fingerprint density at radius 2 is 2.25 bits per heavy atom. The summed E-state index contributed by atoms with van der Waals surface area (Å²) in [6, 6.07) is 7.69. The van der Waals surface area contributed by atoms with Gasteiger partial charge in [-0.05, 0) is 44.4 Å². The van der Waals surface area contributed by atoms with Gasteiger partial charge in [0.05, 0.1) is 11.9 Å². The van der Waals surface area contributed by atoms with Crippen LogP contribution in [0.4, 0.5) is 0 Å². The number of imidazole rings is 1. The van der Waals surface area contributed by atoms with Gasteiger partial charge in [0.1, 0.15) is 5.65 Å². The molecule has 1 atom stereocenters. The third kappa shape index (κ3) is 2.45. The molecule has 0 amide bonds. The molecule has 4 heteroatoms. The quantitative estimate of drug-likeness (QED) is 0.902. The van der Waals surface area contributed by atoms with E-state index < -0.39 is 0 Å². The van der Waals surface area contributed by atoms with Crippen molar-refractivity contribution >= 4 is 5.65 Å². The van der Waals surface area contributed by atoms with Crippen LogP contribution in [0.2, 0.25) is 0 Å². The molecular weight excluding hydrogens is 248 g/mol. The standard InChI is InChI=1S/C16H22N4/c1-2-9-20-15(10-18-16(20)5-1)12-19(14-6-7-14)11-13-4-3-8-17-13/h1-2,5,9-10,13-14,17H,3-4,6-8,11-12H2/t13-/m0/s1. The molecule has 2 aliphatic rings. The van der Waals surface area contributed by atoms with Crippen molar-refractivity contribution in [1.29, 1.82) is 0 Å². The average Bonchev–Trinajstić information content (AvgIpc) is 3.05. The zero-order valence-corrected chi connectivity index (χ0v) is 11.8. The van der Waals surface area contributed by atoms with Crippen LogP contribution in [0.1, 0.15) is 31.4 Å². The van der Waals surface area contributed by atoms with Gasteiger partial charge in [0, 0.05) is 31.4 Å². The van der Waals surface area contributed by atoms with Crippen LogP contribution >= 0.6 is 0 Å². The van der Waals surface area contributed by atoms with E-state index in [0.717, 1.165) is 18.2 Å². The van der Waals surface area contributed by atoms with Gasteiger partial charge in [-0.15, -0.1) is 0 Å². The van der Waals surface area contributed by atoms with E-state index in [1.165, 1.54) is 44.5 Å². The highest BCUT2D eigenvalue weighted by atomic mass is 15.2. The topological polar surface area (TPSA) is 32.6 Å². The van der Waals surface area contributed by atoms with E-state index in [1.54, 1.807) is 0 Å². The van der Waals surface area contributed by atoms with E-state index in [4.69, 9.17) is 0 Å². The van der Waals surface area contributed by atoms with Crippen LogP contribution in [-0.2, 0) is 6.54 Å². The molecule has 0 unspecified atom stereocenters. The van der Waals surface area contributed by atoms with E-state index in [2.05, 4.69) is 37.9 Å². The van der Waals surface area contributed by atoms with Crippen molar-refractivity contribution in [3.8, 4) is 0 Å². The van der Waals surface area contributed by atoms with Crippen LogP contribution in [0, 0.1) is 0 Å². The lowest BCUT2D eigenvalue weighted by molar-refractivity contribution is 0.228. The van der Waals surface area contributed by atoms with Crippen LogP contribution in [0.15, 0.2) is 30.6 Å². The molecule has 4 rings (SSSR count). The first kappa shape index (κ1) is 12.4. The fourth-order valence-electron chi connectivity index (χ4n) is 3.29. The van der Waals surface area contributed by atoms with Gasteiger partial charge in [-0.3, -0.25) is 4.90 Å². The summed E-state index contributed by atoms with van der Waals surface area (Å²) in [5, 5.41) is 3.62. The maximum atomic E-state index is 4.50. The molecule has 0 bridgehead atoms. The first-order valence-electron chi connectivity index (χ1n) is 7.78. The summed E-state index contributed by atoms with van der Waals surface area (Å²) < 4.78 is 2.22. The number of rotatable bonds is 5. The Balaban J connectivity index is 1.52. The highest BCUT2D eigenvalue weighted by molar-refractivity contribution is 5.39. The maximum absolute atomic E-state index is 4.50. The molecule has 0 aromatic carbocycles. The molecular formula is C16H22N4. The van der Waals surface area contributed by atoms with Gasteiger partial charge in [0.15, 0.2) is 0 Å². The number of pyridine rings is 1. The monoisotopic (exact) mass is 270 g/mol. The fourth-order valence-corrected chi connectivity index (χ4v) is 3.29. The predicted octanol–water partition coefficient (Wildman–Crippen LogP) is 2.05. The summed E-state index contributed by atoms with van der Waals surface area (Å²) in [6.45, 7) is 3.40. The molecule has 2 aromatic rings. The van der Waals surface area contributed by atoms with Gasteiger partial charge in [0.25, 0.3) is 0 Å². The second-order valence-electron chi connectivity index (χ2n) is 6.13. The smallest absolute Gasteiger partial charge is 0.136 e. The van der Waals surface area contributed by atoms with Crippen molar-refractivity contribution in [2.45, 2.75) is 44.3 Å². The molecule has 1 aliphatic heterocycles. The van der Waals surface area contributed by atoms with Gasteiger partial charge in [0.2, 0.25) is 0 Å². The number of nitrogens with one attached hydrogen (secondary N) is 1. The van der Waals surface area contributed by atoms with E-state index in [-0.39, 0.29) is 0 Å². The first-order valence-corrected chi connectivity index (χ1v) is 7.78. The number of hydrogen-bond acceptors (Lipinski definition) is 3. The zero-order chi connectivity index (χ0) is 13.4. The Kier molecular flexibility index (Phi) is 3.20. The molecule has 20 heavy (non-hydrogen) atoms. The first-order chi connectivity index (χ1) is 9.90. The lowest BCUT2D eigenvalue weighted by Crippen LogP contribution is -2.38. The highest BCUT2D eigenvalue weighted by Gasteiger charge is 2.31. The van der Waals surface area contributed by atoms with E-state index in [1.807, 2.05) is 12.3 Å². The summed E-state index contributed by atoms with van der Waals surface area (Å²) in [6.07, 6.45) is 9.55. The molecule has 1 saturated heterocycles. The SMILES string of the molecule is c1ccn2c(CN(C[C@@H]3CCCN3)C3CC3)cnc2c1. The molecule has 0 radical (unpaired) electrons. The Labute approximate surface area is 119 Å². The van der Waals surface area contributed by atoms with Crippen LogP contribution in [0.25, 0.3) is 5.65 Å². The van der Waals surface area contributed by atoms with Gasteiger partial charge in [-0.25, -0.2) is 4.98 Å². The van der Waals surface area contributed by atoms with Crippen molar-refractivity contribution in [2.75, 3.05) is 13.1 Å². The minimum Gasteiger partial charge on any atom is -0.313 e. The van der Waals surface area contributed by atoms with Crippen molar-refractivity contribution < 1.29 is 0 Å². The van der Waals surface area contributed by atoms with E-state index >= 15 is 0 Å². The van der Waals surface area contributed by atoms with E-state index in [9.17, 15) is 0 Å². The van der Waals surface area contributed by atoms with Crippen LogP contribution in [0.5, 0.6) is 0 Å². The minimum absolute atomic E-state index is 0.690. The largest absolute Gasteiger partial charge is 0.313 e. The predicted molar refractivity (Wildman–Crippen MR) is 79.6 cm³/mol. The number of fused-ring (bicyclic) bond motifs is 1.